The van der Waals surface area contributed by atoms with Gasteiger partial charge in [-0.1, -0.05) is 19.8 Å². The van der Waals surface area contributed by atoms with E-state index >= 15 is 0 Å². The predicted molar refractivity (Wildman–Crippen MR) is 54.4 cm³/mol. The number of nitrogens with one attached hydrogen (secondary N) is 1. The first-order valence-corrected chi connectivity index (χ1v) is 5.02. The highest BCUT2D eigenvalue weighted by Gasteiger charge is 2.31. The molecule has 0 amide bonds. The highest BCUT2D eigenvalue weighted by Crippen LogP contribution is 2.20. The Morgan fingerprint density at radius 1 is 1.62 bits per heavy atom. The molecule has 0 aliphatic carbocycles. The van der Waals surface area contributed by atoms with Crippen molar-refractivity contribution in [3.8, 4) is 12.3 Å². The molecule has 2 nitrogen and oxygen atoms in total. The number of hydrogen-bond acceptors (Lipinski definition) is 2. The van der Waals surface area contributed by atoms with Gasteiger partial charge in [-0.25, -0.2) is 0 Å². The summed E-state index contributed by atoms with van der Waals surface area (Å²) < 4.78 is 5.54. The third-order valence-electron chi connectivity index (χ3n) is 2.94. The van der Waals surface area contributed by atoms with Gasteiger partial charge in [-0.2, -0.15) is 0 Å². The fourth-order valence-corrected chi connectivity index (χ4v) is 1.63. The zero-order valence-electron chi connectivity index (χ0n) is 8.71. The molecule has 4 unspecified atom stereocenters. The molecule has 1 rings (SSSR count). The quantitative estimate of drug-likeness (QED) is 0.665. The van der Waals surface area contributed by atoms with Gasteiger partial charge in [-0.05, 0) is 19.3 Å². The molecule has 1 N–H and O–H groups in total. The third kappa shape index (κ3) is 2.46. The molecule has 4 atom stereocenters. The van der Waals surface area contributed by atoms with Crippen molar-refractivity contribution in [3.63, 3.8) is 0 Å². The first-order valence-electron chi connectivity index (χ1n) is 5.02. The van der Waals surface area contributed by atoms with Crippen molar-refractivity contribution in [3.05, 3.63) is 0 Å². The van der Waals surface area contributed by atoms with E-state index in [2.05, 4.69) is 32.0 Å². The number of hydrogen-bond donors (Lipinski definition) is 1. The van der Waals surface area contributed by atoms with Gasteiger partial charge in [-0.15, -0.1) is 6.42 Å². The van der Waals surface area contributed by atoms with Crippen molar-refractivity contribution in [1.29, 1.82) is 0 Å². The first kappa shape index (κ1) is 10.6. The lowest BCUT2D eigenvalue weighted by molar-refractivity contribution is 0.108. The summed E-state index contributed by atoms with van der Waals surface area (Å²) >= 11 is 0. The van der Waals surface area contributed by atoms with Crippen LogP contribution >= 0.6 is 0 Å². The van der Waals surface area contributed by atoms with Gasteiger partial charge in [0, 0.05) is 6.04 Å². The summed E-state index contributed by atoms with van der Waals surface area (Å²) in [6.07, 6.45) is 6.72. The van der Waals surface area contributed by atoms with Crippen LogP contribution in [0.25, 0.3) is 0 Å². The largest absolute Gasteiger partial charge is 0.377 e. The minimum absolute atomic E-state index is 0.196. The average Bonchev–Trinajstić information content (AvgIpc) is 2.45. The fraction of sp³-hybridized carbons (Fsp3) is 0.818. The van der Waals surface area contributed by atoms with Crippen molar-refractivity contribution in [1.82, 2.24) is 5.32 Å². The molecule has 1 aliphatic rings. The van der Waals surface area contributed by atoms with Crippen molar-refractivity contribution < 1.29 is 4.74 Å². The highest BCUT2D eigenvalue weighted by atomic mass is 16.5. The standard InChI is InChI=1S/C11H19NO/c1-5-10(6-2)12-11-7-13-9(4)8(11)3/h1,8-12H,6-7H2,2-4H3. The van der Waals surface area contributed by atoms with Gasteiger partial charge < -0.3 is 4.74 Å². The maximum absolute atomic E-state index is 5.54. The van der Waals surface area contributed by atoms with Gasteiger partial charge in [0.2, 0.25) is 0 Å². The van der Waals surface area contributed by atoms with Gasteiger partial charge >= 0.3 is 0 Å². The van der Waals surface area contributed by atoms with Crippen LogP contribution in [-0.4, -0.2) is 24.8 Å². The summed E-state index contributed by atoms with van der Waals surface area (Å²) in [4.78, 5) is 0. The van der Waals surface area contributed by atoms with E-state index in [9.17, 15) is 0 Å². The molecule has 74 valence electrons. The summed E-state index contributed by atoms with van der Waals surface area (Å²) in [5, 5.41) is 3.43. The molecule has 0 aromatic carbocycles. The highest BCUT2D eigenvalue weighted by molar-refractivity contribution is 5.00. The minimum atomic E-state index is 0.196. The monoisotopic (exact) mass is 181 g/mol. The van der Waals surface area contributed by atoms with Crippen LogP contribution in [0, 0.1) is 18.3 Å². The fourth-order valence-electron chi connectivity index (χ4n) is 1.63. The molecule has 0 aromatic rings. The number of rotatable bonds is 3. The van der Waals surface area contributed by atoms with Crippen LogP contribution in [0.4, 0.5) is 0 Å². The van der Waals surface area contributed by atoms with Crippen LogP contribution in [0.1, 0.15) is 27.2 Å². The molecule has 1 heterocycles. The number of terminal acetylenes is 1. The Bertz CT molecular complexity index is 197. The Kier molecular flexibility index (Phi) is 3.77. The van der Waals surface area contributed by atoms with Crippen molar-refractivity contribution >= 4 is 0 Å². The summed E-state index contributed by atoms with van der Waals surface area (Å²) in [6, 6.07) is 0.623. The third-order valence-corrected chi connectivity index (χ3v) is 2.94. The van der Waals surface area contributed by atoms with Crippen molar-refractivity contribution in [2.24, 2.45) is 5.92 Å². The molecule has 0 saturated carbocycles. The van der Waals surface area contributed by atoms with Gasteiger partial charge in [-0.3, -0.25) is 5.32 Å². The van der Waals surface area contributed by atoms with Crippen LogP contribution in [0.3, 0.4) is 0 Å². The van der Waals surface area contributed by atoms with E-state index in [-0.39, 0.29) is 6.04 Å². The smallest absolute Gasteiger partial charge is 0.0687 e. The molecule has 1 aliphatic heterocycles. The van der Waals surface area contributed by atoms with Crippen LogP contribution in [0.5, 0.6) is 0 Å². The lowest BCUT2D eigenvalue weighted by atomic mass is 9.99. The van der Waals surface area contributed by atoms with Crippen LogP contribution in [0.15, 0.2) is 0 Å². The second kappa shape index (κ2) is 4.64. The van der Waals surface area contributed by atoms with E-state index in [0.717, 1.165) is 13.0 Å². The van der Waals surface area contributed by atoms with Gasteiger partial charge in [0.05, 0.1) is 18.8 Å². The second-order valence-electron chi connectivity index (χ2n) is 3.80. The van der Waals surface area contributed by atoms with E-state index in [0.29, 0.717) is 18.1 Å². The molecular formula is C11H19NO. The van der Waals surface area contributed by atoms with E-state index in [1.54, 1.807) is 0 Å². The molecule has 13 heavy (non-hydrogen) atoms. The van der Waals surface area contributed by atoms with Gasteiger partial charge in [0.1, 0.15) is 0 Å². The molecule has 1 fully saturated rings. The molecule has 0 spiro atoms. The van der Waals surface area contributed by atoms with E-state index in [1.165, 1.54) is 0 Å². The Hall–Kier alpha value is -0.520. The van der Waals surface area contributed by atoms with Crippen molar-refractivity contribution in [2.75, 3.05) is 6.61 Å². The zero-order chi connectivity index (χ0) is 9.84. The molecule has 1 saturated heterocycles. The Balaban J connectivity index is 2.42. The van der Waals surface area contributed by atoms with E-state index < -0.39 is 0 Å². The Labute approximate surface area is 81.0 Å². The summed E-state index contributed by atoms with van der Waals surface area (Å²) in [5.74, 6) is 3.31. The number of ether oxygens (including phenoxy) is 1. The lowest BCUT2D eigenvalue weighted by Gasteiger charge is -2.20. The molecule has 2 heteroatoms. The predicted octanol–water partition coefficient (Wildman–Crippen LogP) is 1.41. The van der Waals surface area contributed by atoms with Gasteiger partial charge in [0.15, 0.2) is 0 Å². The SMILES string of the molecule is C#CC(CC)NC1COC(C)C1C. The molecular weight excluding hydrogens is 162 g/mol. The second-order valence-corrected chi connectivity index (χ2v) is 3.80. The molecule has 0 aromatic heterocycles. The van der Waals surface area contributed by atoms with E-state index in [1.807, 2.05) is 0 Å². The maximum Gasteiger partial charge on any atom is 0.0687 e. The van der Waals surface area contributed by atoms with Crippen molar-refractivity contribution in [2.45, 2.75) is 45.4 Å². The van der Waals surface area contributed by atoms with Crippen LogP contribution in [-0.2, 0) is 4.74 Å². The molecule has 0 radical (unpaired) electrons. The summed E-state index contributed by atoms with van der Waals surface area (Å²) in [5.41, 5.74) is 0. The first-order chi connectivity index (χ1) is 6.19. The normalized spacial score (nSPS) is 35.7. The lowest BCUT2D eigenvalue weighted by Crippen LogP contribution is -2.41. The Morgan fingerprint density at radius 3 is 2.69 bits per heavy atom. The Morgan fingerprint density at radius 2 is 2.31 bits per heavy atom. The summed E-state index contributed by atoms with van der Waals surface area (Å²) in [6.45, 7) is 7.21. The topological polar surface area (TPSA) is 21.3 Å². The maximum atomic E-state index is 5.54. The molecule has 0 bridgehead atoms. The zero-order valence-corrected chi connectivity index (χ0v) is 8.71. The van der Waals surface area contributed by atoms with Gasteiger partial charge in [0.25, 0.3) is 0 Å². The minimum Gasteiger partial charge on any atom is -0.377 e. The van der Waals surface area contributed by atoms with E-state index in [4.69, 9.17) is 11.2 Å². The summed E-state index contributed by atoms with van der Waals surface area (Å²) in [7, 11) is 0. The van der Waals surface area contributed by atoms with Crippen LogP contribution < -0.4 is 5.32 Å². The average molecular weight is 181 g/mol. The van der Waals surface area contributed by atoms with Crippen LogP contribution in [0.2, 0.25) is 0 Å².